The van der Waals surface area contributed by atoms with Crippen LogP contribution in [-0.4, -0.2) is 36.2 Å². The van der Waals surface area contributed by atoms with Crippen LogP contribution in [0.1, 0.15) is 18.9 Å². The van der Waals surface area contributed by atoms with Crippen LogP contribution in [0, 0.1) is 5.92 Å². The fourth-order valence-electron chi connectivity index (χ4n) is 2.09. The van der Waals surface area contributed by atoms with E-state index in [1.165, 1.54) is 0 Å². The number of amides is 1. The third-order valence-electron chi connectivity index (χ3n) is 3.45. The van der Waals surface area contributed by atoms with E-state index in [1.54, 1.807) is 18.8 Å². The average Bonchev–Trinajstić information content (AvgIpc) is 2.48. The Morgan fingerprint density at radius 1 is 1.45 bits per heavy atom. The zero-order chi connectivity index (χ0) is 15.0. The number of nitrogens with two attached hydrogens (primary N) is 1. The molecule has 0 bridgehead atoms. The second-order valence-electron chi connectivity index (χ2n) is 5.00. The number of hydrogen-bond acceptors (Lipinski definition) is 4. The summed E-state index contributed by atoms with van der Waals surface area (Å²) in [7, 11) is 1.76. The quantitative estimate of drug-likeness (QED) is 0.601. The normalized spacial score (nSPS) is 15.6. The summed E-state index contributed by atoms with van der Waals surface area (Å²) in [5.74, 6) is 1.60. The van der Waals surface area contributed by atoms with Crippen molar-refractivity contribution < 1.29 is 9.90 Å². The predicted octanol–water partition coefficient (Wildman–Crippen LogP) is 1.34. The number of likely N-dealkylation sites (N-methyl/N-ethyl adjacent to an activating group) is 1. The summed E-state index contributed by atoms with van der Waals surface area (Å²) in [4.78, 5) is 11.9. The zero-order valence-corrected chi connectivity index (χ0v) is 13.0. The van der Waals surface area contributed by atoms with Gasteiger partial charge in [0.1, 0.15) is 5.54 Å². The number of nitrogens with one attached hydrogen (secondary N) is 1. The molecule has 2 atom stereocenters. The molecule has 112 valence electrons. The standard InChI is InChI=1S/C15H24N2O2S/c1-12(10-18)11-20-9-8-15(17-2,14(16)19)13-6-4-3-5-7-13/h3-7,12,17-18H,8-11H2,1-2H3,(H2,16,19). The first kappa shape index (κ1) is 17.0. The molecule has 20 heavy (non-hydrogen) atoms. The second-order valence-corrected chi connectivity index (χ2v) is 6.15. The number of primary amides is 1. The van der Waals surface area contributed by atoms with Crippen molar-refractivity contribution in [3.63, 3.8) is 0 Å². The van der Waals surface area contributed by atoms with Crippen LogP contribution in [0.5, 0.6) is 0 Å². The van der Waals surface area contributed by atoms with Crippen molar-refractivity contribution in [2.75, 3.05) is 25.2 Å². The number of hydrogen-bond donors (Lipinski definition) is 3. The molecule has 1 rings (SSSR count). The third kappa shape index (κ3) is 4.23. The lowest BCUT2D eigenvalue weighted by Crippen LogP contribution is -2.51. The number of carbonyl (C=O) groups is 1. The summed E-state index contributed by atoms with van der Waals surface area (Å²) in [6.07, 6.45) is 0.631. The monoisotopic (exact) mass is 296 g/mol. The van der Waals surface area contributed by atoms with Gasteiger partial charge in [-0.25, -0.2) is 0 Å². The van der Waals surface area contributed by atoms with E-state index in [-0.39, 0.29) is 18.4 Å². The molecule has 4 nitrogen and oxygen atoms in total. The Balaban J connectivity index is 2.73. The molecule has 0 aliphatic carbocycles. The van der Waals surface area contributed by atoms with E-state index in [2.05, 4.69) is 5.32 Å². The highest BCUT2D eigenvalue weighted by Gasteiger charge is 2.36. The molecule has 0 saturated carbocycles. The maximum atomic E-state index is 11.9. The minimum absolute atomic E-state index is 0.193. The molecule has 1 aromatic carbocycles. The lowest BCUT2D eigenvalue weighted by Gasteiger charge is -2.31. The van der Waals surface area contributed by atoms with Crippen molar-refractivity contribution in [3.05, 3.63) is 35.9 Å². The Hall–Kier alpha value is -1.04. The van der Waals surface area contributed by atoms with Crippen LogP contribution in [-0.2, 0) is 10.3 Å². The van der Waals surface area contributed by atoms with Crippen molar-refractivity contribution in [1.29, 1.82) is 0 Å². The smallest absolute Gasteiger partial charge is 0.242 e. The van der Waals surface area contributed by atoms with Gasteiger partial charge in [0.25, 0.3) is 0 Å². The van der Waals surface area contributed by atoms with Crippen molar-refractivity contribution in [3.8, 4) is 0 Å². The molecule has 0 fully saturated rings. The van der Waals surface area contributed by atoms with Crippen molar-refractivity contribution >= 4 is 17.7 Å². The molecule has 4 N–H and O–H groups in total. The van der Waals surface area contributed by atoms with Crippen molar-refractivity contribution in [1.82, 2.24) is 5.32 Å². The third-order valence-corrected chi connectivity index (χ3v) is 4.75. The van der Waals surface area contributed by atoms with Crippen molar-refractivity contribution in [2.24, 2.45) is 11.7 Å². The van der Waals surface area contributed by atoms with E-state index in [0.29, 0.717) is 6.42 Å². The van der Waals surface area contributed by atoms with E-state index in [0.717, 1.165) is 17.1 Å². The topological polar surface area (TPSA) is 75.3 Å². The van der Waals surface area contributed by atoms with Gasteiger partial charge in [-0.1, -0.05) is 37.3 Å². The molecule has 1 amide bonds. The van der Waals surface area contributed by atoms with Gasteiger partial charge in [0, 0.05) is 6.61 Å². The van der Waals surface area contributed by atoms with E-state index < -0.39 is 5.54 Å². The van der Waals surface area contributed by atoms with Gasteiger partial charge in [0.05, 0.1) is 0 Å². The molecule has 0 aliphatic rings. The highest BCUT2D eigenvalue weighted by atomic mass is 32.2. The number of carbonyl (C=O) groups excluding carboxylic acids is 1. The van der Waals surface area contributed by atoms with E-state index in [1.807, 2.05) is 37.3 Å². The van der Waals surface area contributed by atoms with Crippen LogP contribution >= 0.6 is 11.8 Å². The number of rotatable bonds is 9. The Morgan fingerprint density at radius 3 is 2.60 bits per heavy atom. The fraction of sp³-hybridized carbons (Fsp3) is 0.533. The highest BCUT2D eigenvalue weighted by Crippen LogP contribution is 2.26. The molecular weight excluding hydrogens is 272 g/mol. The predicted molar refractivity (Wildman–Crippen MR) is 84.6 cm³/mol. The maximum Gasteiger partial charge on any atom is 0.242 e. The van der Waals surface area contributed by atoms with E-state index in [9.17, 15) is 4.79 Å². The summed E-state index contributed by atoms with van der Waals surface area (Å²) >= 11 is 1.73. The molecule has 0 aliphatic heterocycles. The highest BCUT2D eigenvalue weighted by molar-refractivity contribution is 7.99. The maximum absolute atomic E-state index is 11.9. The summed E-state index contributed by atoms with van der Waals surface area (Å²) in [5, 5.41) is 12.1. The van der Waals surface area contributed by atoms with E-state index in [4.69, 9.17) is 10.8 Å². The van der Waals surface area contributed by atoms with Crippen LogP contribution in [0.4, 0.5) is 0 Å². The van der Waals surface area contributed by atoms with Crippen LogP contribution < -0.4 is 11.1 Å². The molecule has 0 saturated heterocycles. The van der Waals surface area contributed by atoms with Crippen LogP contribution in [0.25, 0.3) is 0 Å². The fourth-order valence-corrected chi connectivity index (χ4v) is 3.21. The van der Waals surface area contributed by atoms with Gasteiger partial charge < -0.3 is 16.2 Å². The summed E-state index contributed by atoms with van der Waals surface area (Å²) in [6.45, 7) is 2.20. The van der Waals surface area contributed by atoms with E-state index >= 15 is 0 Å². The van der Waals surface area contributed by atoms with Gasteiger partial charge in [-0.3, -0.25) is 4.79 Å². The van der Waals surface area contributed by atoms with Gasteiger partial charge in [0.15, 0.2) is 0 Å². The Bertz CT molecular complexity index is 414. The molecule has 0 aromatic heterocycles. The number of benzene rings is 1. The Kier molecular flexibility index (Phi) is 7.05. The summed E-state index contributed by atoms with van der Waals surface area (Å²) < 4.78 is 0. The number of aliphatic hydroxyl groups is 1. The first-order chi connectivity index (χ1) is 9.56. The van der Waals surface area contributed by atoms with Gasteiger partial charge >= 0.3 is 0 Å². The first-order valence-corrected chi connectivity index (χ1v) is 7.95. The Labute approximate surface area is 125 Å². The molecule has 5 heteroatoms. The largest absolute Gasteiger partial charge is 0.396 e. The van der Waals surface area contributed by atoms with Gasteiger partial charge in [-0.2, -0.15) is 11.8 Å². The summed E-state index contributed by atoms with van der Waals surface area (Å²) in [6, 6.07) is 9.57. The zero-order valence-electron chi connectivity index (χ0n) is 12.1. The molecule has 1 aromatic rings. The lowest BCUT2D eigenvalue weighted by molar-refractivity contribution is -0.124. The molecular formula is C15H24N2O2S. The van der Waals surface area contributed by atoms with Gasteiger partial charge in [-0.05, 0) is 36.5 Å². The van der Waals surface area contributed by atoms with Gasteiger partial charge in [-0.15, -0.1) is 0 Å². The molecule has 0 spiro atoms. The lowest BCUT2D eigenvalue weighted by atomic mass is 9.86. The van der Waals surface area contributed by atoms with Crippen LogP contribution in [0.3, 0.4) is 0 Å². The summed E-state index contributed by atoms with van der Waals surface area (Å²) in [5.41, 5.74) is 5.70. The number of aliphatic hydroxyl groups excluding tert-OH is 1. The molecule has 0 heterocycles. The Morgan fingerprint density at radius 2 is 2.10 bits per heavy atom. The second kappa shape index (κ2) is 8.29. The first-order valence-electron chi connectivity index (χ1n) is 6.79. The van der Waals surface area contributed by atoms with Crippen LogP contribution in [0.15, 0.2) is 30.3 Å². The SMILES string of the molecule is CNC(CCSCC(C)CO)(C(N)=O)c1ccccc1. The molecule has 2 unspecified atom stereocenters. The van der Waals surface area contributed by atoms with Crippen LogP contribution in [0.2, 0.25) is 0 Å². The van der Waals surface area contributed by atoms with Crippen molar-refractivity contribution in [2.45, 2.75) is 18.9 Å². The average molecular weight is 296 g/mol. The van der Waals surface area contributed by atoms with Gasteiger partial charge in [0.2, 0.25) is 5.91 Å². The minimum Gasteiger partial charge on any atom is -0.396 e. The molecule has 0 radical (unpaired) electrons. The minimum atomic E-state index is -0.823. The number of thioether (sulfide) groups is 1.